The average Bonchev–Trinajstić information content (AvgIpc) is 2.05. The Kier molecular flexibility index (Phi) is 3.95. The molecule has 0 aliphatic heterocycles. The Hall–Kier alpha value is -0.791. The van der Waals surface area contributed by atoms with Gasteiger partial charge < -0.3 is 0 Å². The maximum atomic E-state index is 4.48. The minimum absolute atomic E-state index is 0.0573. The van der Waals surface area contributed by atoms with Gasteiger partial charge in [0.15, 0.2) is 0 Å². The fourth-order valence-electron chi connectivity index (χ4n) is 1.09. The van der Waals surface area contributed by atoms with Gasteiger partial charge in [-0.15, -0.1) is 0 Å². The number of rotatable bonds is 1. The van der Waals surface area contributed by atoms with Crippen molar-refractivity contribution in [2.75, 3.05) is 5.32 Å². The molecule has 2 nitrogen and oxygen atoms in total. The van der Waals surface area contributed by atoms with Gasteiger partial charge >= 0.3 is 99.8 Å². The first-order valence-electron chi connectivity index (χ1n) is 4.97. The van der Waals surface area contributed by atoms with Gasteiger partial charge in [0, 0.05) is 0 Å². The van der Waals surface area contributed by atoms with Crippen LogP contribution in [0.1, 0.15) is 26.3 Å². The second kappa shape index (κ2) is 4.82. The van der Waals surface area contributed by atoms with E-state index in [2.05, 4.69) is 66.1 Å². The van der Waals surface area contributed by atoms with E-state index in [1.807, 2.05) is 12.1 Å². The summed E-state index contributed by atoms with van der Waals surface area (Å²) in [5.41, 5.74) is 2.26. The van der Waals surface area contributed by atoms with Crippen LogP contribution in [-0.2, 0) is 0 Å². The Bertz CT molecular complexity index is 347. The van der Waals surface area contributed by atoms with Crippen molar-refractivity contribution in [2.45, 2.75) is 33.2 Å². The van der Waals surface area contributed by atoms with Gasteiger partial charge in [0.1, 0.15) is 0 Å². The number of hydrogen-bond donors (Lipinski definition) is 1. The fourth-order valence-corrected chi connectivity index (χ4v) is 1.91. The van der Waals surface area contributed by atoms with Crippen LogP contribution in [-0.4, -0.2) is 26.3 Å². The van der Waals surface area contributed by atoms with Gasteiger partial charge in [-0.2, -0.15) is 0 Å². The minimum atomic E-state index is -0.0573. The monoisotopic (exact) mass is 269 g/mol. The number of amidine groups is 1. The number of aryl methyl sites for hydroxylation is 1. The van der Waals surface area contributed by atoms with Crippen molar-refractivity contribution >= 4 is 26.4 Å². The first kappa shape index (κ1) is 12.3. The zero-order valence-electron chi connectivity index (χ0n) is 9.66. The second-order valence-electron chi connectivity index (χ2n) is 4.58. The predicted octanol–water partition coefficient (Wildman–Crippen LogP) is 2.73. The fraction of sp³-hybridized carbons (Fsp3) is 0.417. The molecule has 15 heavy (non-hydrogen) atoms. The molecule has 0 unspecified atom stereocenters. The normalized spacial score (nSPS) is 12.7. The molecular formula is C12H17N2Se. The molecule has 0 saturated heterocycles. The van der Waals surface area contributed by atoms with Crippen LogP contribution in [0.3, 0.4) is 0 Å². The molecule has 0 saturated carbocycles. The van der Waals surface area contributed by atoms with E-state index in [0.717, 1.165) is 10.4 Å². The molecule has 81 valence electrons. The van der Waals surface area contributed by atoms with E-state index in [4.69, 9.17) is 0 Å². The van der Waals surface area contributed by atoms with Crippen molar-refractivity contribution in [3.8, 4) is 0 Å². The second-order valence-corrected chi connectivity index (χ2v) is 5.39. The first-order chi connectivity index (χ1) is 6.87. The number of nitrogens with zero attached hydrogens (tertiary/aromatic N) is 1. The van der Waals surface area contributed by atoms with Gasteiger partial charge in [-0.25, -0.2) is 0 Å². The van der Waals surface area contributed by atoms with Gasteiger partial charge in [0.25, 0.3) is 0 Å². The quantitative estimate of drug-likeness (QED) is 0.473. The van der Waals surface area contributed by atoms with Crippen molar-refractivity contribution in [3.05, 3.63) is 29.8 Å². The van der Waals surface area contributed by atoms with Crippen molar-refractivity contribution < 1.29 is 0 Å². The van der Waals surface area contributed by atoms with Crippen molar-refractivity contribution in [3.63, 3.8) is 0 Å². The predicted molar refractivity (Wildman–Crippen MR) is 67.7 cm³/mol. The molecule has 0 bridgehead atoms. The van der Waals surface area contributed by atoms with Gasteiger partial charge in [0.2, 0.25) is 0 Å². The van der Waals surface area contributed by atoms with Gasteiger partial charge in [0.05, 0.1) is 0 Å². The summed E-state index contributed by atoms with van der Waals surface area (Å²) in [6, 6.07) is 8.25. The molecular weight excluding hydrogens is 251 g/mol. The van der Waals surface area contributed by atoms with Crippen molar-refractivity contribution in [1.29, 1.82) is 0 Å². The molecule has 1 rings (SSSR count). The number of benzene rings is 1. The molecule has 0 atom stereocenters. The molecule has 0 aliphatic rings. The molecule has 1 aromatic carbocycles. The summed E-state index contributed by atoms with van der Waals surface area (Å²) >= 11 is 2.94. The van der Waals surface area contributed by atoms with Crippen LogP contribution in [0.5, 0.6) is 0 Å². The molecule has 1 aromatic rings. The molecule has 0 aromatic heterocycles. The van der Waals surface area contributed by atoms with E-state index in [0.29, 0.717) is 0 Å². The Morgan fingerprint density at radius 1 is 1.20 bits per heavy atom. The molecule has 1 radical (unpaired) electrons. The topological polar surface area (TPSA) is 24.4 Å². The van der Waals surface area contributed by atoms with E-state index in [1.165, 1.54) is 5.56 Å². The summed E-state index contributed by atoms with van der Waals surface area (Å²) < 4.78 is 0.825. The summed E-state index contributed by atoms with van der Waals surface area (Å²) in [7, 11) is 0. The Balaban J connectivity index is 2.70. The third-order valence-corrected chi connectivity index (χ3v) is 2.15. The number of nitrogens with one attached hydrogen (secondary N) is 1. The Morgan fingerprint density at radius 2 is 1.73 bits per heavy atom. The Labute approximate surface area is 100 Å². The summed E-state index contributed by atoms with van der Waals surface area (Å²) in [5.74, 6) is 0. The molecule has 0 spiro atoms. The standard InChI is InChI=1S/C12H17N2Se/c1-9-5-7-10(8-6-9)13-11(15)14-12(2,3)4/h5-8H,1-4H3,(H,13,14). The zero-order valence-corrected chi connectivity index (χ0v) is 11.4. The summed E-state index contributed by atoms with van der Waals surface area (Å²) in [4.78, 5) is 4.48. The van der Waals surface area contributed by atoms with Crippen molar-refractivity contribution in [2.24, 2.45) is 4.99 Å². The third-order valence-electron chi connectivity index (χ3n) is 1.74. The molecule has 1 N–H and O–H groups in total. The zero-order chi connectivity index (χ0) is 11.5. The maximum absolute atomic E-state index is 4.48. The van der Waals surface area contributed by atoms with Gasteiger partial charge in [-0.3, -0.25) is 0 Å². The van der Waals surface area contributed by atoms with Gasteiger partial charge in [-0.1, -0.05) is 0 Å². The van der Waals surface area contributed by atoms with Crippen LogP contribution < -0.4 is 5.32 Å². The molecule has 3 heteroatoms. The van der Waals surface area contributed by atoms with Crippen LogP contribution in [0, 0.1) is 6.92 Å². The van der Waals surface area contributed by atoms with E-state index >= 15 is 0 Å². The third kappa shape index (κ3) is 5.01. The van der Waals surface area contributed by atoms with E-state index in [1.54, 1.807) is 0 Å². The molecule has 0 fully saturated rings. The number of anilines is 1. The van der Waals surface area contributed by atoms with Crippen molar-refractivity contribution in [1.82, 2.24) is 0 Å². The Morgan fingerprint density at radius 3 is 2.20 bits per heavy atom. The van der Waals surface area contributed by atoms with Crippen LogP contribution >= 0.6 is 0 Å². The van der Waals surface area contributed by atoms with Crippen LogP contribution in [0.4, 0.5) is 5.69 Å². The molecule has 0 aliphatic carbocycles. The number of hydrogen-bond acceptors (Lipinski definition) is 1. The first-order valence-corrected chi connectivity index (χ1v) is 5.83. The van der Waals surface area contributed by atoms with Gasteiger partial charge in [-0.05, 0) is 0 Å². The van der Waals surface area contributed by atoms with Crippen LogP contribution in [0.15, 0.2) is 29.3 Å². The summed E-state index contributed by atoms with van der Waals surface area (Å²) in [5, 5.41) is 3.22. The molecule has 0 amide bonds. The van der Waals surface area contributed by atoms with E-state index in [-0.39, 0.29) is 5.54 Å². The number of aliphatic imine (C=N–C) groups is 1. The van der Waals surface area contributed by atoms with Crippen LogP contribution in [0.2, 0.25) is 0 Å². The SMILES string of the molecule is Cc1ccc(NC([Se])=NC(C)(C)C)cc1. The summed E-state index contributed by atoms with van der Waals surface area (Å²) in [6.07, 6.45) is 0. The van der Waals surface area contributed by atoms with E-state index in [9.17, 15) is 0 Å². The molecule has 0 heterocycles. The van der Waals surface area contributed by atoms with E-state index < -0.39 is 0 Å². The summed E-state index contributed by atoms with van der Waals surface area (Å²) in [6.45, 7) is 8.29. The average molecular weight is 268 g/mol. The van der Waals surface area contributed by atoms with Crippen LogP contribution in [0.25, 0.3) is 0 Å².